The molecule has 2 rings (SSSR count). The molecule has 5 nitrogen and oxygen atoms in total. The minimum absolute atomic E-state index is 0.0640. The van der Waals surface area contributed by atoms with Gasteiger partial charge in [0.15, 0.2) is 6.10 Å². The summed E-state index contributed by atoms with van der Waals surface area (Å²) >= 11 is 2.79. The van der Waals surface area contributed by atoms with E-state index in [0.29, 0.717) is 0 Å². The van der Waals surface area contributed by atoms with Gasteiger partial charge in [0.1, 0.15) is 0 Å². The van der Waals surface area contributed by atoms with Gasteiger partial charge < -0.3 is 15.3 Å². The molecule has 0 spiro atoms. The minimum Gasteiger partial charge on any atom is -0.481 e. The number of thiophene rings is 1. The third-order valence-electron chi connectivity index (χ3n) is 5.33. The number of unbranched alkanes of at least 4 members (excludes halogenated alkanes) is 3. The monoisotopic (exact) mass is 464 g/mol. The van der Waals surface area contributed by atoms with Crippen molar-refractivity contribution in [3.05, 3.63) is 57.8 Å². The number of carbonyl (C=O) groups is 2. The molecule has 1 aromatic carbocycles. The van der Waals surface area contributed by atoms with Crippen molar-refractivity contribution in [2.75, 3.05) is 5.75 Å². The Morgan fingerprint density at radius 1 is 1.03 bits per heavy atom. The molecule has 0 aliphatic rings. The molecule has 1 heterocycles. The van der Waals surface area contributed by atoms with Crippen molar-refractivity contribution in [3.63, 3.8) is 0 Å². The van der Waals surface area contributed by atoms with Crippen LogP contribution in [0, 0.1) is 0 Å². The van der Waals surface area contributed by atoms with Crippen molar-refractivity contribution in [2.24, 2.45) is 0 Å². The van der Waals surface area contributed by atoms with Crippen molar-refractivity contribution in [2.45, 2.75) is 69.1 Å². The number of carboxylic acid groups (broad SMARTS) is 2. The summed E-state index contributed by atoms with van der Waals surface area (Å²) in [6, 6.07) is 12.4. The third-order valence-corrected chi connectivity index (χ3v) is 7.80. The Kier molecular flexibility index (Phi) is 11.1. The fourth-order valence-corrected chi connectivity index (χ4v) is 5.98. The second-order valence-corrected chi connectivity index (χ2v) is 10.00. The van der Waals surface area contributed by atoms with Crippen LogP contribution in [0.25, 0.3) is 0 Å². The van der Waals surface area contributed by atoms with Crippen LogP contribution in [0.4, 0.5) is 0 Å². The maximum Gasteiger partial charge on any atom is 0.334 e. The Balaban J connectivity index is 1.86. The summed E-state index contributed by atoms with van der Waals surface area (Å²) in [6.45, 7) is 2.14. The van der Waals surface area contributed by atoms with Crippen LogP contribution in [0.5, 0.6) is 0 Å². The Morgan fingerprint density at radius 3 is 2.42 bits per heavy atom. The van der Waals surface area contributed by atoms with Crippen molar-refractivity contribution in [1.82, 2.24) is 0 Å². The summed E-state index contributed by atoms with van der Waals surface area (Å²) in [7, 11) is 0. The first-order chi connectivity index (χ1) is 14.9. The van der Waals surface area contributed by atoms with Crippen molar-refractivity contribution in [1.29, 1.82) is 0 Å². The van der Waals surface area contributed by atoms with Gasteiger partial charge in [0.05, 0.1) is 11.7 Å². The smallest absolute Gasteiger partial charge is 0.334 e. The first kappa shape index (κ1) is 25.4. The highest BCUT2D eigenvalue weighted by Crippen LogP contribution is 2.41. The van der Waals surface area contributed by atoms with E-state index in [1.54, 1.807) is 11.3 Å². The van der Waals surface area contributed by atoms with Crippen LogP contribution in [0.2, 0.25) is 0 Å². The molecule has 0 amide bonds. The van der Waals surface area contributed by atoms with Crippen LogP contribution in [-0.2, 0) is 16.0 Å². The van der Waals surface area contributed by atoms with Gasteiger partial charge in [-0.15, -0.1) is 23.1 Å². The number of aliphatic carboxylic acids is 2. The van der Waals surface area contributed by atoms with Crippen molar-refractivity contribution >= 4 is 35.0 Å². The van der Waals surface area contributed by atoms with Gasteiger partial charge in [-0.1, -0.05) is 56.5 Å². The lowest BCUT2D eigenvalue weighted by Crippen LogP contribution is -2.26. The van der Waals surface area contributed by atoms with Crippen LogP contribution >= 0.6 is 23.1 Å². The molecule has 0 radical (unpaired) electrons. The van der Waals surface area contributed by atoms with Gasteiger partial charge in [-0.05, 0) is 47.8 Å². The number of hydrogen-bond acceptors (Lipinski definition) is 5. The molecule has 3 N–H and O–H groups in total. The summed E-state index contributed by atoms with van der Waals surface area (Å²) in [5.74, 6) is -1.68. The predicted molar refractivity (Wildman–Crippen MR) is 127 cm³/mol. The van der Waals surface area contributed by atoms with Gasteiger partial charge in [-0.3, -0.25) is 4.79 Å². The van der Waals surface area contributed by atoms with E-state index in [4.69, 9.17) is 5.11 Å². The van der Waals surface area contributed by atoms with Crippen LogP contribution in [0.1, 0.15) is 72.6 Å². The maximum atomic E-state index is 11.4. The molecular formula is C24H32O5S2. The molecule has 3 unspecified atom stereocenters. The van der Waals surface area contributed by atoms with Gasteiger partial charge >= 0.3 is 11.9 Å². The number of aliphatic hydroxyl groups excluding tert-OH is 1. The molecule has 0 aliphatic carbocycles. The first-order valence-electron chi connectivity index (χ1n) is 10.8. The molecule has 2 aromatic rings. The van der Waals surface area contributed by atoms with Gasteiger partial charge in [0.2, 0.25) is 0 Å². The van der Waals surface area contributed by atoms with Crippen molar-refractivity contribution < 1.29 is 24.9 Å². The number of thioether (sulfide) groups is 1. The highest BCUT2D eigenvalue weighted by atomic mass is 32.2. The summed E-state index contributed by atoms with van der Waals surface area (Å²) in [5.41, 5.74) is 2.20. The molecule has 31 heavy (non-hydrogen) atoms. The third kappa shape index (κ3) is 8.67. The molecule has 0 fully saturated rings. The largest absolute Gasteiger partial charge is 0.481 e. The number of benzene rings is 1. The maximum absolute atomic E-state index is 11.4. The Bertz CT molecular complexity index is 805. The fraction of sp³-hybridized carbons (Fsp3) is 0.500. The minimum atomic E-state index is -1.56. The standard InChI is InChI=1S/C24H32O5S2/c1-17(9-5-2-3-6-10-18-11-7-4-8-12-18)22-19(13-15-30-22)23(21(27)24(28)29)31-16-14-20(25)26/h4,7-8,11-13,15,17,21,23,27H,2-3,5-6,9-10,14,16H2,1H3,(H,25,26)(H,28,29). The molecule has 1 aromatic heterocycles. The van der Waals surface area contributed by atoms with E-state index in [1.165, 1.54) is 30.2 Å². The van der Waals surface area contributed by atoms with Gasteiger partial charge in [0.25, 0.3) is 0 Å². The Hall–Kier alpha value is -1.83. The predicted octanol–water partition coefficient (Wildman–Crippen LogP) is 5.74. The lowest BCUT2D eigenvalue weighted by molar-refractivity contribution is -0.146. The van der Waals surface area contributed by atoms with E-state index in [0.717, 1.165) is 36.1 Å². The number of rotatable bonds is 15. The second kappa shape index (κ2) is 13.6. The lowest BCUT2D eigenvalue weighted by atomic mass is 9.95. The fourth-order valence-electron chi connectivity index (χ4n) is 3.63. The summed E-state index contributed by atoms with van der Waals surface area (Å²) in [4.78, 5) is 23.3. The van der Waals surface area contributed by atoms with E-state index in [9.17, 15) is 19.8 Å². The number of carboxylic acids is 2. The summed E-state index contributed by atoms with van der Waals surface area (Å²) in [5, 5.41) is 29.7. The SMILES string of the molecule is CC(CCCCCCc1ccccc1)c1sccc1C(SCCC(=O)O)C(O)C(=O)O. The molecule has 170 valence electrons. The highest BCUT2D eigenvalue weighted by Gasteiger charge is 2.31. The molecule has 0 saturated heterocycles. The summed E-state index contributed by atoms with van der Waals surface area (Å²) in [6.07, 6.45) is 5.11. The average Bonchev–Trinajstić information content (AvgIpc) is 3.23. The number of hydrogen-bond donors (Lipinski definition) is 3. The van der Waals surface area contributed by atoms with Gasteiger partial charge in [-0.25, -0.2) is 4.79 Å². The zero-order valence-corrected chi connectivity index (χ0v) is 19.5. The average molecular weight is 465 g/mol. The van der Waals surface area contributed by atoms with E-state index in [-0.39, 0.29) is 18.1 Å². The topological polar surface area (TPSA) is 94.8 Å². The first-order valence-corrected chi connectivity index (χ1v) is 12.7. The second-order valence-electron chi connectivity index (χ2n) is 7.80. The lowest BCUT2D eigenvalue weighted by Gasteiger charge is -2.22. The molecule has 0 saturated carbocycles. The molecule has 0 aliphatic heterocycles. The number of aliphatic hydroxyl groups is 1. The summed E-state index contributed by atoms with van der Waals surface area (Å²) < 4.78 is 0. The molecular weight excluding hydrogens is 432 g/mol. The normalized spacial score (nSPS) is 14.1. The highest BCUT2D eigenvalue weighted by molar-refractivity contribution is 7.99. The van der Waals surface area contributed by atoms with Crippen molar-refractivity contribution in [3.8, 4) is 0 Å². The van der Waals surface area contributed by atoms with Crippen LogP contribution in [-0.4, -0.2) is 39.1 Å². The van der Waals surface area contributed by atoms with E-state index in [1.807, 2.05) is 17.5 Å². The van der Waals surface area contributed by atoms with Gasteiger partial charge in [0, 0.05) is 10.6 Å². The Labute approximate surface area is 192 Å². The molecule has 0 bridgehead atoms. The van der Waals surface area contributed by atoms with Crippen LogP contribution in [0.3, 0.4) is 0 Å². The van der Waals surface area contributed by atoms with E-state index >= 15 is 0 Å². The Morgan fingerprint density at radius 2 is 1.74 bits per heavy atom. The molecule has 7 heteroatoms. The zero-order valence-electron chi connectivity index (χ0n) is 17.9. The number of aryl methyl sites for hydroxylation is 1. The zero-order chi connectivity index (χ0) is 22.6. The molecule has 3 atom stereocenters. The van der Waals surface area contributed by atoms with Crippen LogP contribution in [0.15, 0.2) is 41.8 Å². The van der Waals surface area contributed by atoms with Crippen LogP contribution < -0.4 is 0 Å². The van der Waals surface area contributed by atoms with E-state index in [2.05, 4.69) is 31.2 Å². The van der Waals surface area contributed by atoms with E-state index < -0.39 is 23.3 Å². The van der Waals surface area contributed by atoms with Gasteiger partial charge in [-0.2, -0.15) is 0 Å². The quantitative estimate of drug-likeness (QED) is 0.291.